The fourth-order valence-electron chi connectivity index (χ4n) is 0.829. The van der Waals surface area contributed by atoms with Crippen molar-refractivity contribution in [3.63, 3.8) is 0 Å². The topological polar surface area (TPSA) is 52.6 Å². The van der Waals surface area contributed by atoms with Crippen molar-refractivity contribution in [2.45, 2.75) is 45.9 Å². The van der Waals surface area contributed by atoms with Crippen LogP contribution < -0.4 is 0 Å². The summed E-state index contributed by atoms with van der Waals surface area (Å²) in [6, 6.07) is 0. The van der Waals surface area contributed by atoms with Gasteiger partial charge in [0.25, 0.3) is 0 Å². The number of rotatable bonds is 4. The van der Waals surface area contributed by atoms with Crippen LogP contribution >= 0.6 is 23.2 Å². The molecule has 0 aliphatic rings. The summed E-state index contributed by atoms with van der Waals surface area (Å²) in [5.74, 6) is -2.02. The highest BCUT2D eigenvalue weighted by atomic mass is 35.5. The zero-order valence-electron chi connectivity index (χ0n) is 12.3. The molecule has 0 N–H and O–H groups in total. The minimum absolute atomic E-state index is 0.111. The Morgan fingerprint density at radius 2 is 1.05 bits per heavy atom. The maximum Gasteiger partial charge on any atom is 0.354 e. The summed E-state index contributed by atoms with van der Waals surface area (Å²) in [5, 5.41) is 0. The Morgan fingerprint density at radius 1 is 0.789 bits per heavy atom. The van der Waals surface area contributed by atoms with Crippen molar-refractivity contribution in [1.29, 1.82) is 0 Å². The fraction of sp³-hybridized carbons (Fsp3) is 0.846. The van der Waals surface area contributed by atoms with Gasteiger partial charge in [0.2, 0.25) is 0 Å². The predicted octanol–water partition coefficient (Wildman–Crippen LogP) is 3.34. The third-order valence-corrected chi connectivity index (χ3v) is 2.40. The van der Waals surface area contributed by atoms with Crippen LogP contribution in [0, 0.1) is 10.8 Å². The maximum absolute atomic E-state index is 11.7. The first-order chi connectivity index (χ1) is 8.26. The minimum atomic E-state index is -2.32. The average Bonchev–Trinajstić information content (AvgIpc) is 2.20. The van der Waals surface area contributed by atoms with Crippen molar-refractivity contribution in [3.8, 4) is 0 Å². The van der Waals surface area contributed by atoms with Crippen LogP contribution in [-0.2, 0) is 19.1 Å². The van der Waals surface area contributed by atoms with Gasteiger partial charge >= 0.3 is 16.3 Å². The molecule has 0 aromatic rings. The van der Waals surface area contributed by atoms with Crippen molar-refractivity contribution >= 4 is 35.1 Å². The van der Waals surface area contributed by atoms with Crippen LogP contribution in [0.25, 0.3) is 0 Å². The van der Waals surface area contributed by atoms with Gasteiger partial charge in [-0.25, -0.2) is 9.59 Å². The molecule has 6 heteroatoms. The lowest BCUT2D eigenvalue weighted by atomic mass is 9.99. The number of halogens is 2. The Labute approximate surface area is 124 Å². The van der Waals surface area contributed by atoms with Gasteiger partial charge in [-0.3, -0.25) is 0 Å². The first kappa shape index (κ1) is 18.5. The highest BCUT2D eigenvalue weighted by Crippen LogP contribution is 2.27. The standard InChI is InChI=1S/C13H22Cl2O4/c1-11(2,3)7-18-9(16)13(14,15)10(17)19-8-12(4,5)6/h7-8H2,1-6H3. The molecule has 0 unspecified atom stereocenters. The second kappa shape index (κ2) is 6.31. The Hall–Kier alpha value is -0.480. The maximum atomic E-state index is 11.7. The lowest BCUT2D eigenvalue weighted by Gasteiger charge is -2.23. The normalized spacial score (nSPS) is 13.1. The molecule has 0 aromatic carbocycles. The molecule has 4 nitrogen and oxygen atoms in total. The minimum Gasteiger partial charge on any atom is -0.462 e. The van der Waals surface area contributed by atoms with Gasteiger partial charge in [-0.05, 0) is 10.8 Å². The Balaban J connectivity index is 4.51. The number of hydrogen-bond acceptors (Lipinski definition) is 4. The number of hydrogen-bond donors (Lipinski definition) is 0. The van der Waals surface area contributed by atoms with E-state index in [2.05, 4.69) is 0 Å². The van der Waals surface area contributed by atoms with Gasteiger partial charge in [0, 0.05) is 0 Å². The quantitative estimate of drug-likeness (QED) is 0.454. The van der Waals surface area contributed by atoms with Crippen molar-refractivity contribution in [2.24, 2.45) is 10.8 Å². The molecular formula is C13H22Cl2O4. The summed E-state index contributed by atoms with van der Waals surface area (Å²) in [6.07, 6.45) is 0. The van der Waals surface area contributed by atoms with E-state index < -0.39 is 16.3 Å². The molecule has 0 atom stereocenters. The van der Waals surface area contributed by atoms with Gasteiger partial charge in [-0.2, -0.15) is 0 Å². The summed E-state index contributed by atoms with van der Waals surface area (Å²) < 4.78 is 7.52. The second-order valence-corrected chi connectivity index (χ2v) is 8.18. The molecule has 0 bridgehead atoms. The Bertz CT molecular complexity index is 306. The number of esters is 2. The molecule has 0 saturated carbocycles. The summed E-state index contributed by atoms with van der Waals surface area (Å²) in [7, 11) is 0. The van der Waals surface area contributed by atoms with E-state index in [9.17, 15) is 9.59 Å². The van der Waals surface area contributed by atoms with Crippen LogP contribution in [0.1, 0.15) is 41.5 Å². The number of ether oxygens (including phenoxy) is 2. The predicted molar refractivity (Wildman–Crippen MR) is 75.3 cm³/mol. The zero-order valence-corrected chi connectivity index (χ0v) is 13.8. The summed E-state index contributed by atoms with van der Waals surface area (Å²) in [4.78, 5) is 23.4. The van der Waals surface area contributed by atoms with Gasteiger partial charge in [-0.15, -0.1) is 0 Å². The second-order valence-electron chi connectivity index (χ2n) is 6.85. The molecule has 0 fully saturated rings. The van der Waals surface area contributed by atoms with Crippen LogP contribution in [0.5, 0.6) is 0 Å². The van der Waals surface area contributed by atoms with Gasteiger partial charge in [0.1, 0.15) is 0 Å². The fourth-order valence-corrected chi connectivity index (χ4v) is 1.05. The molecule has 112 valence electrons. The first-order valence-electron chi connectivity index (χ1n) is 5.98. The summed E-state index contributed by atoms with van der Waals surface area (Å²) in [5.41, 5.74) is -0.482. The lowest BCUT2D eigenvalue weighted by Crippen LogP contribution is -2.40. The molecule has 0 spiro atoms. The van der Waals surface area contributed by atoms with Crippen LogP contribution in [0.3, 0.4) is 0 Å². The first-order valence-corrected chi connectivity index (χ1v) is 6.73. The van der Waals surface area contributed by atoms with E-state index in [0.717, 1.165) is 0 Å². The van der Waals surface area contributed by atoms with Gasteiger partial charge in [0.05, 0.1) is 13.2 Å². The molecule has 0 saturated heterocycles. The third-order valence-electron chi connectivity index (χ3n) is 1.79. The van der Waals surface area contributed by atoms with Crippen molar-refractivity contribution in [1.82, 2.24) is 0 Å². The van der Waals surface area contributed by atoms with Gasteiger partial charge in [-0.1, -0.05) is 64.7 Å². The Morgan fingerprint density at radius 3 is 1.26 bits per heavy atom. The van der Waals surface area contributed by atoms with Crippen molar-refractivity contribution in [3.05, 3.63) is 0 Å². The number of carbonyl (C=O) groups excluding carboxylic acids is 2. The highest BCUT2D eigenvalue weighted by Gasteiger charge is 2.46. The van der Waals surface area contributed by atoms with Crippen LogP contribution in [0.4, 0.5) is 0 Å². The molecule has 0 aromatic heterocycles. The van der Waals surface area contributed by atoms with Crippen molar-refractivity contribution < 1.29 is 19.1 Å². The van der Waals surface area contributed by atoms with E-state index in [0.29, 0.717) is 0 Å². The van der Waals surface area contributed by atoms with Crippen LogP contribution in [-0.4, -0.2) is 29.5 Å². The molecule has 0 heterocycles. The van der Waals surface area contributed by atoms with Crippen LogP contribution in [0.15, 0.2) is 0 Å². The number of alkyl halides is 2. The largest absolute Gasteiger partial charge is 0.462 e. The average molecular weight is 313 g/mol. The summed E-state index contributed by atoms with van der Waals surface area (Å²) in [6.45, 7) is 11.5. The van der Waals surface area contributed by atoms with Gasteiger partial charge in [0.15, 0.2) is 0 Å². The molecular weight excluding hydrogens is 291 g/mol. The van der Waals surface area contributed by atoms with E-state index >= 15 is 0 Å². The Kier molecular flexibility index (Phi) is 6.15. The molecule has 0 aliphatic carbocycles. The van der Waals surface area contributed by atoms with E-state index in [4.69, 9.17) is 32.7 Å². The molecule has 0 rings (SSSR count). The molecule has 0 amide bonds. The van der Waals surface area contributed by atoms with E-state index in [1.165, 1.54) is 0 Å². The molecule has 0 radical (unpaired) electrons. The molecule has 0 aliphatic heterocycles. The van der Waals surface area contributed by atoms with Gasteiger partial charge < -0.3 is 9.47 Å². The van der Waals surface area contributed by atoms with E-state index in [1.807, 2.05) is 41.5 Å². The zero-order chi connectivity index (χ0) is 15.5. The third kappa shape index (κ3) is 7.63. The smallest absolute Gasteiger partial charge is 0.354 e. The highest BCUT2D eigenvalue weighted by molar-refractivity contribution is 6.66. The lowest BCUT2D eigenvalue weighted by molar-refractivity contribution is -0.158. The monoisotopic (exact) mass is 312 g/mol. The van der Waals surface area contributed by atoms with E-state index in [-0.39, 0.29) is 24.0 Å². The van der Waals surface area contributed by atoms with Crippen molar-refractivity contribution in [2.75, 3.05) is 13.2 Å². The summed E-state index contributed by atoms with van der Waals surface area (Å²) >= 11 is 11.4. The SMILES string of the molecule is CC(C)(C)COC(=O)C(Cl)(Cl)C(=O)OCC(C)(C)C. The van der Waals surface area contributed by atoms with E-state index in [1.54, 1.807) is 0 Å². The van der Waals surface area contributed by atoms with Crippen LogP contribution in [0.2, 0.25) is 0 Å². The molecule has 19 heavy (non-hydrogen) atoms. The number of carbonyl (C=O) groups is 2.